The summed E-state index contributed by atoms with van der Waals surface area (Å²) in [7, 11) is -15.7. The van der Waals surface area contributed by atoms with E-state index >= 15 is 0 Å². The number of nitrogens with one attached hydrogen (secondary N) is 1. The Kier molecular flexibility index (Phi) is 16.0. The number of rotatable bonds is 20. The van der Waals surface area contributed by atoms with E-state index < -0.39 is 153 Å². The fourth-order valence-electron chi connectivity index (χ4n) is 8.72. The van der Waals surface area contributed by atoms with Crippen LogP contribution in [0.3, 0.4) is 0 Å². The number of anilines is 3. The molecule has 9 heterocycles. The predicted octanol–water partition coefficient (Wildman–Crippen LogP) is -2.04. The first-order valence-electron chi connectivity index (χ1n) is 22.8. The summed E-state index contributed by atoms with van der Waals surface area (Å²) < 4.78 is 101. The van der Waals surface area contributed by atoms with Crippen molar-refractivity contribution >= 4 is 52.1 Å². The van der Waals surface area contributed by atoms with Gasteiger partial charge >= 0.3 is 40.5 Å². The highest BCUT2D eigenvalue weighted by atomic mass is 31.2. The van der Waals surface area contributed by atoms with Crippen molar-refractivity contribution in [1.29, 1.82) is 0 Å². The number of aromatic amines is 1. The molecule has 4 aliphatic heterocycles. The van der Waals surface area contributed by atoms with Gasteiger partial charge in [-0.1, -0.05) is 0 Å². The number of aliphatic hydroxyl groups is 2. The van der Waals surface area contributed by atoms with E-state index in [0.29, 0.717) is 0 Å². The first kappa shape index (κ1) is 55.2. The number of imidazole rings is 1. The number of hydrogen-bond acceptors (Lipinski definition) is 27. The molecule has 0 aromatic carbocycles. The summed E-state index contributed by atoms with van der Waals surface area (Å²) in [5.41, 5.74) is 14.2. The van der Waals surface area contributed by atoms with Crippen LogP contribution in [-0.4, -0.2) is 148 Å². The molecule has 0 bridgehead atoms. The number of aromatic nitrogens is 10. The quantitative estimate of drug-likeness (QED) is 0.0379. The van der Waals surface area contributed by atoms with Gasteiger partial charge in [0, 0.05) is 49.8 Å². The Morgan fingerprint density at radius 1 is 0.658 bits per heavy atom. The smallest absolute Gasteiger partial charge is 0.394 e. The second-order valence-corrected chi connectivity index (χ2v) is 21.8. The lowest BCUT2D eigenvalue weighted by molar-refractivity contribution is -0.0633. The van der Waals surface area contributed by atoms with Crippen LogP contribution in [0.4, 0.5) is 17.5 Å². The number of ether oxygens (including phenoxy) is 4. The van der Waals surface area contributed by atoms with Crippen molar-refractivity contribution in [3.05, 3.63) is 90.7 Å². The van der Waals surface area contributed by atoms with Crippen LogP contribution in [0.5, 0.6) is 0 Å². The number of phosphoric ester groups is 3. The van der Waals surface area contributed by atoms with E-state index in [1.807, 2.05) is 0 Å². The molecule has 0 saturated carbocycles. The summed E-state index contributed by atoms with van der Waals surface area (Å²) in [4.78, 5) is 105. The predicted molar refractivity (Wildman–Crippen MR) is 251 cm³/mol. The van der Waals surface area contributed by atoms with Crippen molar-refractivity contribution in [2.75, 3.05) is 43.6 Å². The number of hydrogen-bond donors (Lipinski definition) is 9. The SMILES string of the molecule is Cc1cn([C@H]2C[C@H](OP(=O)(O)OC[C@H]3O[C@@H](n4cnc5c(N)ncnc54)C[C@@H]3OP(=O)(O)OC[C@H]3O[C@@H](n4ccc(N)nc4=O)C[C@@H]3O)[C@@H](COP(=O)(O)O[C@H]3C[C@H](n4ccc(N)nc4=O)O[C@@H]3CO)O2)c(=O)[nH]c1=O. The number of phosphoric acid groups is 3. The molecular formula is C38H50N13O22P3. The lowest BCUT2D eigenvalue weighted by Gasteiger charge is -2.25. The standard InChI is InChI=1S/C38H50N13O22P3/c1-17-10-50(38(57)47-35(17)54)30-8-20(24(69-30)13-65-75(60,61)71-19-7-29(67-22(19)11-52)49-5-3-27(40)46-37(49)56)72-76(62,63)66-14-25-21(9-31(70-25)51-16-44-32-33(41)42-15-43-34(32)51)73-74(58,59)64-12-23-18(53)6-28(68-23)48-4-2-26(39)45-36(48)55/h2-5,10,15-16,18-25,28-31,52-53H,6-9,11-14H2,1H3,(H,58,59)(H,60,61)(H,62,63)(H2,39,45,55)(H2,40,46,56)(H2,41,42,43)(H,47,54,57)/t18-,19-,20-,21-,22+,23+,24+,25+,28+,29+,30+,31+/m0/s1. The summed E-state index contributed by atoms with van der Waals surface area (Å²) in [6.45, 7) is -1.93. The van der Waals surface area contributed by atoms with Crippen LogP contribution in [-0.2, 0) is 59.8 Å². The molecule has 0 amide bonds. The third kappa shape index (κ3) is 12.4. The van der Waals surface area contributed by atoms with Crippen molar-refractivity contribution in [1.82, 2.24) is 48.2 Å². The van der Waals surface area contributed by atoms with E-state index in [9.17, 15) is 57.8 Å². The summed E-state index contributed by atoms with van der Waals surface area (Å²) in [5.74, 6) is -0.125. The second kappa shape index (κ2) is 22.1. The van der Waals surface area contributed by atoms with E-state index in [-0.39, 0.29) is 53.4 Å². The van der Waals surface area contributed by atoms with Gasteiger partial charge in [-0.25, -0.2) is 43.0 Å². The average molecular weight is 1130 g/mol. The largest absolute Gasteiger partial charge is 0.472 e. The molecule has 35 nitrogen and oxygen atoms in total. The average Bonchev–Trinajstić information content (AvgIpc) is 4.21. The fourth-order valence-corrected chi connectivity index (χ4v) is 11.6. The third-order valence-corrected chi connectivity index (χ3v) is 15.5. The summed E-state index contributed by atoms with van der Waals surface area (Å²) in [5, 5.41) is 20.7. The van der Waals surface area contributed by atoms with Crippen LogP contribution < -0.4 is 39.8 Å². The molecule has 4 aliphatic rings. The van der Waals surface area contributed by atoms with Gasteiger partial charge in [0.25, 0.3) is 5.56 Å². The Hall–Kier alpha value is -5.52. The first-order valence-corrected chi connectivity index (χ1v) is 27.3. The maximum atomic E-state index is 13.9. The third-order valence-electron chi connectivity index (χ3n) is 12.4. The number of nitrogens with two attached hydrogens (primary N) is 3. The van der Waals surface area contributed by atoms with Crippen LogP contribution in [0.25, 0.3) is 11.2 Å². The Labute approximate surface area is 424 Å². The van der Waals surface area contributed by atoms with Crippen molar-refractivity contribution in [3.8, 4) is 0 Å². The van der Waals surface area contributed by atoms with Crippen molar-refractivity contribution in [2.24, 2.45) is 0 Å². The number of fused-ring (bicyclic) bond motifs is 1. The summed E-state index contributed by atoms with van der Waals surface area (Å²) in [6, 6.07) is 2.64. The molecule has 15 atom stereocenters. The van der Waals surface area contributed by atoms with Crippen molar-refractivity contribution < 1.29 is 84.7 Å². The summed E-state index contributed by atoms with van der Waals surface area (Å²) >= 11 is 0. The highest BCUT2D eigenvalue weighted by Gasteiger charge is 2.48. The van der Waals surface area contributed by atoms with Gasteiger partial charge in [-0.05, 0) is 19.1 Å². The molecule has 12 N–H and O–H groups in total. The normalized spacial score (nSPS) is 30.1. The molecule has 0 radical (unpaired) electrons. The molecule has 5 aromatic rings. The molecule has 414 valence electrons. The minimum Gasteiger partial charge on any atom is -0.394 e. The van der Waals surface area contributed by atoms with Crippen LogP contribution in [0.15, 0.2) is 62.6 Å². The summed E-state index contributed by atoms with van der Waals surface area (Å²) in [6.07, 6.45) is -11.0. The van der Waals surface area contributed by atoms with Gasteiger partial charge in [-0.2, -0.15) is 9.97 Å². The van der Waals surface area contributed by atoms with Crippen LogP contribution in [0.1, 0.15) is 56.2 Å². The topological polar surface area (TPSA) is 491 Å². The molecule has 5 aromatic heterocycles. The molecule has 3 unspecified atom stereocenters. The molecular weight excluding hydrogens is 1080 g/mol. The van der Waals surface area contributed by atoms with Gasteiger partial charge in [-0.15, -0.1) is 0 Å². The Morgan fingerprint density at radius 2 is 1.12 bits per heavy atom. The van der Waals surface area contributed by atoms with E-state index in [1.54, 1.807) is 0 Å². The van der Waals surface area contributed by atoms with Gasteiger partial charge in [0.15, 0.2) is 11.5 Å². The highest BCUT2D eigenvalue weighted by molar-refractivity contribution is 7.48. The van der Waals surface area contributed by atoms with Crippen molar-refractivity contribution in [2.45, 2.75) is 106 Å². The van der Waals surface area contributed by atoms with Gasteiger partial charge < -0.3 is 61.0 Å². The van der Waals surface area contributed by atoms with Crippen LogP contribution >= 0.6 is 23.5 Å². The number of aliphatic hydroxyl groups excluding tert-OH is 2. The Morgan fingerprint density at radius 3 is 1.64 bits per heavy atom. The lowest BCUT2D eigenvalue weighted by atomic mass is 10.2. The zero-order valence-corrected chi connectivity index (χ0v) is 42.1. The number of H-pyrrole nitrogens is 1. The van der Waals surface area contributed by atoms with E-state index in [2.05, 4.69) is 29.9 Å². The first-order chi connectivity index (χ1) is 35.9. The van der Waals surface area contributed by atoms with E-state index in [4.69, 9.17) is 63.3 Å². The minimum atomic E-state index is -5.36. The van der Waals surface area contributed by atoms with E-state index in [0.717, 1.165) is 26.2 Å². The van der Waals surface area contributed by atoms with E-state index in [1.165, 1.54) is 42.3 Å². The number of nitrogens with zero attached hydrogens (tertiary/aromatic N) is 9. The molecule has 9 rings (SSSR count). The molecule has 4 saturated heterocycles. The Bertz CT molecular complexity index is 3340. The number of aryl methyl sites for hydroxylation is 1. The molecule has 38 heteroatoms. The Balaban J connectivity index is 0.890. The lowest BCUT2D eigenvalue weighted by Crippen LogP contribution is -2.33. The van der Waals surface area contributed by atoms with Crippen molar-refractivity contribution in [3.63, 3.8) is 0 Å². The molecule has 0 aliphatic carbocycles. The monoisotopic (exact) mass is 1130 g/mol. The maximum absolute atomic E-state index is 13.9. The fraction of sp³-hybridized carbons (Fsp3) is 0.553. The van der Waals surface area contributed by atoms with Crippen LogP contribution in [0.2, 0.25) is 0 Å². The maximum Gasteiger partial charge on any atom is 0.472 e. The minimum absolute atomic E-state index is 0.00759. The number of nitrogen functional groups attached to an aromatic ring is 3. The molecule has 4 fully saturated rings. The van der Waals surface area contributed by atoms with Gasteiger partial charge in [0.05, 0.1) is 38.9 Å². The highest BCUT2D eigenvalue weighted by Crippen LogP contribution is 2.53. The van der Waals surface area contributed by atoms with Crippen LogP contribution in [0, 0.1) is 6.92 Å². The zero-order chi connectivity index (χ0) is 54.4. The van der Waals surface area contributed by atoms with Gasteiger partial charge in [-0.3, -0.25) is 55.2 Å². The molecule has 0 spiro atoms. The van der Waals surface area contributed by atoms with Gasteiger partial charge in [0.2, 0.25) is 0 Å². The van der Waals surface area contributed by atoms with Gasteiger partial charge in [0.1, 0.15) is 91.1 Å². The second-order valence-electron chi connectivity index (χ2n) is 17.6. The zero-order valence-electron chi connectivity index (χ0n) is 39.4. The molecule has 76 heavy (non-hydrogen) atoms.